The zero-order valence-electron chi connectivity index (χ0n) is 13.8. The van der Waals surface area contributed by atoms with Crippen molar-refractivity contribution in [3.8, 4) is 5.75 Å². The highest BCUT2D eigenvalue weighted by molar-refractivity contribution is 7.89. The van der Waals surface area contributed by atoms with E-state index in [0.717, 1.165) is 5.82 Å². The zero-order chi connectivity index (χ0) is 17.2. The summed E-state index contributed by atoms with van der Waals surface area (Å²) in [4.78, 5) is 4.60. The topological polar surface area (TPSA) is 76.5 Å². The van der Waals surface area contributed by atoms with Gasteiger partial charge >= 0.3 is 0 Å². The van der Waals surface area contributed by atoms with Crippen molar-refractivity contribution in [2.24, 2.45) is 7.05 Å². The second-order valence-electron chi connectivity index (χ2n) is 5.64. The summed E-state index contributed by atoms with van der Waals surface area (Å²) >= 11 is 0. The van der Waals surface area contributed by atoms with Gasteiger partial charge in [-0.2, -0.15) is 4.31 Å². The van der Waals surface area contributed by atoms with Gasteiger partial charge < -0.3 is 14.6 Å². The first kappa shape index (κ1) is 16.9. The molecule has 1 unspecified atom stereocenters. The number of benzene rings is 1. The van der Waals surface area contributed by atoms with Gasteiger partial charge in [-0.15, -0.1) is 0 Å². The molecule has 0 amide bonds. The largest absolute Gasteiger partial charge is 0.494 e. The Morgan fingerprint density at radius 3 is 2.71 bits per heavy atom. The molecule has 1 aromatic carbocycles. The number of sulfonamides is 1. The number of piperazine rings is 1. The van der Waals surface area contributed by atoms with Crippen LogP contribution in [0.25, 0.3) is 0 Å². The standard InChI is InChI=1S/C16H22N4O3S/c1-3-23-13-4-6-14(7-5-13)24(21,22)20-11-8-17-12-15(20)16-18-9-10-19(16)2/h4-7,9-10,15,17H,3,8,11-12H2,1-2H3. The van der Waals surface area contributed by atoms with Crippen molar-refractivity contribution in [3.63, 3.8) is 0 Å². The lowest BCUT2D eigenvalue weighted by Crippen LogP contribution is -2.49. The van der Waals surface area contributed by atoms with Gasteiger partial charge in [-0.25, -0.2) is 13.4 Å². The highest BCUT2D eigenvalue weighted by Crippen LogP contribution is 2.28. The van der Waals surface area contributed by atoms with E-state index in [9.17, 15) is 8.42 Å². The third-order valence-corrected chi connectivity index (χ3v) is 6.01. The molecule has 7 nitrogen and oxygen atoms in total. The third-order valence-electron chi connectivity index (χ3n) is 4.09. The van der Waals surface area contributed by atoms with Crippen LogP contribution in [0.2, 0.25) is 0 Å². The average Bonchev–Trinajstić information content (AvgIpc) is 3.01. The average molecular weight is 350 g/mol. The fourth-order valence-corrected chi connectivity index (χ4v) is 4.49. The summed E-state index contributed by atoms with van der Waals surface area (Å²) in [6.07, 6.45) is 3.51. The van der Waals surface area contributed by atoms with Crippen molar-refractivity contribution in [1.82, 2.24) is 19.2 Å². The third kappa shape index (κ3) is 3.17. The second-order valence-corrected chi connectivity index (χ2v) is 7.53. The van der Waals surface area contributed by atoms with Crippen LogP contribution in [0, 0.1) is 0 Å². The van der Waals surface area contributed by atoms with Crippen molar-refractivity contribution in [2.45, 2.75) is 17.9 Å². The molecule has 1 aromatic heterocycles. The molecule has 1 N–H and O–H groups in total. The Morgan fingerprint density at radius 1 is 1.33 bits per heavy atom. The van der Waals surface area contributed by atoms with Crippen molar-refractivity contribution in [1.29, 1.82) is 0 Å². The predicted molar refractivity (Wildman–Crippen MR) is 90.3 cm³/mol. The fourth-order valence-electron chi connectivity index (χ4n) is 2.90. The Bertz CT molecular complexity index is 786. The summed E-state index contributed by atoms with van der Waals surface area (Å²) < 4.78 is 35.0. The number of hydrogen-bond acceptors (Lipinski definition) is 5. The molecule has 0 saturated carbocycles. The smallest absolute Gasteiger partial charge is 0.243 e. The minimum absolute atomic E-state index is 0.270. The first-order chi connectivity index (χ1) is 11.5. The van der Waals surface area contributed by atoms with Crippen molar-refractivity contribution < 1.29 is 13.2 Å². The molecule has 1 saturated heterocycles. The summed E-state index contributed by atoms with van der Waals surface area (Å²) in [7, 11) is -1.73. The molecule has 24 heavy (non-hydrogen) atoms. The number of imidazole rings is 1. The molecule has 0 spiro atoms. The normalized spacial score (nSPS) is 19.3. The van der Waals surface area contributed by atoms with E-state index in [1.807, 2.05) is 24.7 Å². The number of nitrogens with one attached hydrogen (secondary N) is 1. The van der Waals surface area contributed by atoms with Crippen LogP contribution in [0.5, 0.6) is 5.75 Å². The molecular formula is C16H22N4O3S. The Kier molecular flexibility index (Phi) is 4.88. The minimum atomic E-state index is -3.60. The van der Waals surface area contributed by atoms with E-state index in [-0.39, 0.29) is 10.9 Å². The van der Waals surface area contributed by atoms with Gasteiger partial charge in [-0.3, -0.25) is 0 Å². The Hall–Kier alpha value is -1.90. The molecule has 3 rings (SSSR count). The van der Waals surface area contributed by atoms with Gasteiger partial charge in [-0.05, 0) is 31.2 Å². The monoisotopic (exact) mass is 350 g/mol. The lowest BCUT2D eigenvalue weighted by atomic mass is 10.2. The summed E-state index contributed by atoms with van der Waals surface area (Å²) in [6, 6.07) is 6.24. The molecule has 130 valence electrons. The molecule has 1 atom stereocenters. The molecule has 0 radical (unpaired) electrons. The number of hydrogen-bond donors (Lipinski definition) is 1. The summed E-state index contributed by atoms with van der Waals surface area (Å²) in [5.74, 6) is 1.40. The molecule has 1 aliphatic heterocycles. The van der Waals surface area contributed by atoms with Crippen LogP contribution in [-0.2, 0) is 17.1 Å². The maximum absolute atomic E-state index is 13.1. The molecule has 0 bridgehead atoms. The fraction of sp³-hybridized carbons (Fsp3) is 0.438. The van der Waals surface area contributed by atoms with Crippen LogP contribution in [0.3, 0.4) is 0 Å². The lowest BCUT2D eigenvalue weighted by Gasteiger charge is -2.34. The zero-order valence-corrected chi connectivity index (χ0v) is 14.7. The maximum Gasteiger partial charge on any atom is 0.243 e. The van der Waals surface area contributed by atoms with E-state index in [0.29, 0.717) is 32.0 Å². The first-order valence-electron chi connectivity index (χ1n) is 7.96. The van der Waals surface area contributed by atoms with E-state index in [2.05, 4.69) is 10.3 Å². The van der Waals surface area contributed by atoms with Crippen LogP contribution in [-0.4, -0.2) is 48.5 Å². The van der Waals surface area contributed by atoms with E-state index >= 15 is 0 Å². The molecule has 2 heterocycles. The van der Waals surface area contributed by atoms with Crippen LogP contribution in [0.1, 0.15) is 18.8 Å². The second kappa shape index (κ2) is 6.92. The van der Waals surface area contributed by atoms with Gasteiger partial charge in [0.15, 0.2) is 0 Å². The molecule has 1 fully saturated rings. The van der Waals surface area contributed by atoms with E-state index in [4.69, 9.17) is 4.74 Å². The predicted octanol–water partition coefficient (Wildman–Crippen LogP) is 1.15. The van der Waals surface area contributed by atoms with Gasteiger partial charge in [0.1, 0.15) is 11.6 Å². The van der Waals surface area contributed by atoms with Crippen molar-refractivity contribution >= 4 is 10.0 Å². The van der Waals surface area contributed by atoms with Gasteiger partial charge in [0.2, 0.25) is 10.0 Å². The van der Waals surface area contributed by atoms with Crippen molar-refractivity contribution in [2.75, 3.05) is 26.2 Å². The van der Waals surface area contributed by atoms with Crippen LogP contribution >= 0.6 is 0 Å². The van der Waals surface area contributed by atoms with Gasteiger partial charge in [0, 0.05) is 39.1 Å². The van der Waals surface area contributed by atoms with Gasteiger partial charge in [-0.1, -0.05) is 0 Å². The Balaban J connectivity index is 1.92. The highest BCUT2D eigenvalue weighted by atomic mass is 32.2. The highest BCUT2D eigenvalue weighted by Gasteiger charge is 2.36. The lowest BCUT2D eigenvalue weighted by molar-refractivity contribution is 0.258. The summed E-state index contributed by atoms with van der Waals surface area (Å²) in [6.45, 7) is 4.01. The minimum Gasteiger partial charge on any atom is -0.494 e. The molecule has 1 aliphatic rings. The van der Waals surface area contributed by atoms with Crippen LogP contribution in [0.15, 0.2) is 41.6 Å². The SMILES string of the molecule is CCOc1ccc(S(=O)(=O)N2CCNCC2c2nccn2C)cc1. The quantitative estimate of drug-likeness (QED) is 0.875. The van der Waals surface area contributed by atoms with Gasteiger partial charge in [0.05, 0.1) is 17.5 Å². The van der Waals surface area contributed by atoms with E-state index in [1.54, 1.807) is 30.5 Å². The van der Waals surface area contributed by atoms with E-state index < -0.39 is 10.0 Å². The number of rotatable bonds is 5. The molecular weight excluding hydrogens is 328 g/mol. The Morgan fingerprint density at radius 2 is 2.08 bits per heavy atom. The van der Waals surface area contributed by atoms with Gasteiger partial charge in [0.25, 0.3) is 0 Å². The number of ether oxygens (including phenoxy) is 1. The molecule has 8 heteroatoms. The van der Waals surface area contributed by atoms with Crippen LogP contribution in [0.4, 0.5) is 0 Å². The number of aromatic nitrogens is 2. The number of aryl methyl sites for hydroxylation is 1. The first-order valence-corrected chi connectivity index (χ1v) is 9.40. The van der Waals surface area contributed by atoms with Crippen LogP contribution < -0.4 is 10.1 Å². The maximum atomic E-state index is 13.1. The summed E-state index contributed by atoms with van der Waals surface area (Å²) in [5.41, 5.74) is 0. The molecule has 2 aromatic rings. The molecule has 0 aliphatic carbocycles. The number of nitrogens with zero attached hydrogens (tertiary/aromatic N) is 3. The summed E-state index contributed by atoms with van der Waals surface area (Å²) in [5, 5.41) is 3.25. The van der Waals surface area contributed by atoms with E-state index in [1.165, 1.54) is 4.31 Å². The van der Waals surface area contributed by atoms with Crippen molar-refractivity contribution in [3.05, 3.63) is 42.5 Å². The Labute approximate surface area is 142 Å².